The molecule has 0 nitrogen and oxygen atoms in total. The van der Waals surface area contributed by atoms with Gasteiger partial charge >= 0.3 is 12.4 Å². The van der Waals surface area contributed by atoms with Crippen LogP contribution in [-0.2, 0) is 0 Å². The second-order valence-electron chi connectivity index (χ2n) is 6.01. The highest BCUT2D eigenvalue weighted by atomic mass is 31.1. The molecule has 0 fully saturated rings. The van der Waals surface area contributed by atoms with Crippen LogP contribution in [0.3, 0.4) is 0 Å². The van der Waals surface area contributed by atoms with Crippen molar-refractivity contribution in [1.82, 2.24) is 0 Å². The van der Waals surface area contributed by atoms with Crippen LogP contribution in [0.25, 0.3) is 11.1 Å². The lowest BCUT2D eigenvalue weighted by Crippen LogP contribution is -2.29. The van der Waals surface area contributed by atoms with Crippen molar-refractivity contribution in [3.63, 3.8) is 0 Å². The Morgan fingerprint density at radius 2 is 0.688 bits per heavy atom. The quantitative estimate of drug-likeness (QED) is 0.182. The average Bonchev–Trinajstić information content (AvgIpc) is 2.64. The Kier molecular flexibility index (Phi) is 7.04. The van der Waals surface area contributed by atoms with Gasteiger partial charge in [-0.15, -0.1) is 0 Å². The molecule has 0 aliphatic rings. The predicted octanol–water partition coefficient (Wildman–Crippen LogP) is 6.84. The Labute approximate surface area is 168 Å². The van der Waals surface area contributed by atoms with Crippen LogP contribution in [0.15, 0.2) is 0 Å². The van der Waals surface area contributed by atoms with Crippen LogP contribution >= 0.6 is 7.92 Å². The summed E-state index contributed by atoms with van der Waals surface area (Å²) in [4.78, 5) is 0. The van der Waals surface area contributed by atoms with Gasteiger partial charge in [0.05, 0.1) is 17.9 Å². The standard InChI is InChI=1S/C16H4F15P/c17-5-3(6(18)9(21)11(23)8(5)20)4-7(19)10(22)12(24)13(25)14(4)32(1-15(26,27)28)2-16(29,30)31/h1-2H2. The average molecular weight is 512 g/mol. The lowest BCUT2D eigenvalue weighted by Gasteiger charge is -2.25. The molecule has 0 bridgehead atoms. The Hall–Kier alpha value is -2.18. The van der Waals surface area contributed by atoms with Crippen molar-refractivity contribution in [2.24, 2.45) is 0 Å². The van der Waals surface area contributed by atoms with E-state index in [1.807, 2.05) is 0 Å². The molecule has 32 heavy (non-hydrogen) atoms. The fourth-order valence-corrected chi connectivity index (χ4v) is 4.81. The maximum atomic E-state index is 14.3. The first-order chi connectivity index (χ1) is 14.4. The fourth-order valence-electron chi connectivity index (χ4n) is 2.62. The van der Waals surface area contributed by atoms with E-state index in [9.17, 15) is 65.9 Å². The minimum absolute atomic E-state index is 2.35. The molecule has 0 saturated carbocycles. The van der Waals surface area contributed by atoms with E-state index < -0.39 is 101 Å². The number of hydrogen-bond acceptors (Lipinski definition) is 0. The van der Waals surface area contributed by atoms with Crippen LogP contribution < -0.4 is 5.30 Å². The summed E-state index contributed by atoms with van der Waals surface area (Å²) < 4.78 is 201. The summed E-state index contributed by atoms with van der Waals surface area (Å²) in [7, 11) is -4.24. The van der Waals surface area contributed by atoms with Crippen LogP contribution in [0, 0.1) is 52.4 Å². The van der Waals surface area contributed by atoms with Crippen molar-refractivity contribution >= 4 is 13.2 Å². The van der Waals surface area contributed by atoms with E-state index in [1.165, 1.54) is 0 Å². The first kappa shape index (κ1) is 26.1. The SMILES string of the molecule is Fc1c(F)c(F)c(-c2c(F)c(F)c(F)c(F)c2P(CC(F)(F)F)CC(F)(F)F)c(F)c1F. The zero-order valence-corrected chi connectivity index (χ0v) is 15.4. The van der Waals surface area contributed by atoms with Gasteiger partial charge < -0.3 is 0 Å². The molecular weight excluding hydrogens is 508 g/mol. The zero-order valence-electron chi connectivity index (χ0n) is 14.5. The number of hydrogen-bond donors (Lipinski definition) is 0. The van der Waals surface area contributed by atoms with Gasteiger partial charge in [-0.25, -0.2) is 39.5 Å². The smallest absolute Gasteiger partial charge is 0.203 e. The van der Waals surface area contributed by atoms with Crippen molar-refractivity contribution in [2.45, 2.75) is 12.4 Å². The fraction of sp³-hybridized carbons (Fsp3) is 0.250. The monoisotopic (exact) mass is 512 g/mol. The van der Waals surface area contributed by atoms with E-state index in [2.05, 4.69) is 0 Å². The normalized spacial score (nSPS) is 12.8. The molecule has 178 valence electrons. The molecule has 0 spiro atoms. The summed E-state index contributed by atoms with van der Waals surface area (Å²) >= 11 is 0. The van der Waals surface area contributed by atoms with E-state index >= 15 is 0 Å². The summed E-state index contributed by atoms with van der Waals surface area (Å²) in [6.07, 6.45) is -16.5. The summed E-state index contributed by atoms with van der Waals surface area (Å²) in [5.74, 6) is -26.4. The molecule has 0 saturated heterocycles. The van der Waals surface area contributed by atoms with Crippen molar-refractivity contribution in [2.75, 3.05) is 12.3 Å². The first-order valence-corrected chi connectivity index (χ1v) is 9.36. The Morgan fingerprint density at radius 1 is 0.406 bits per heavy atom. The molecule has 0 aliphatic heterocycles. The molecule has 0 aromatic heterocycles. The van der Waals surface area contributed by atoms with E-state index in [1.54, 1.807) is 0 Å². The van der Waals surface area contributed by atoms with Gasteiger partial charge in [-0.2, -0.15) is 26.3 Å². The Bertz CT molecular complexity index is 1010. The van der Waals surface area contributed by atoms with E-state index in [0.717, 1.165) is 0 Å². The molecule has 16 heteroatoms. The van der Waals surface area contributed by atoms with Gasteiger partial charge in [-0.3, -0.25) is 0 Å². The van der Waals surface area contributed by atoms with Gasteiger partial charge in [-0.05, 0) is 0 Å². The second-order valence-corrected chi connectivity index (χ2v) is 8.17. The number of benzene rings is 2. The molecule has 0 atom stereocenters. The number of alkyl halides is 6. The van der Waals surface area contributed by atoms with Crippen LogP contribution in [0.4, 0.5) is 65.9 Å². The van der Waals surface area contributed by atoms with Crippen LogP contribution in [0.1, 0.15) is 0 Å². The van der Waals surface area contributed by atoms with Crippen molar-refractivity contribution in [3.05, 3.63) is 52.4 Å². The third-order valence-electron chi connectivity index (χ3n) is 3.76. The molecule has 2 aromatic rings. The van der Waals surface area contributed by atoms with Crippen molar-refractivity contribution in [1.29, 1.82) is 0 Å². The molecular formula is C16H4F15P. The maximum Gasteiger partial charge on any atom is 0.393 e. The molecule has 0 unspecified atom stereocenters. The summed E-state index contributed by atoms with van der Waals surface area (Å²) in [5.41, 5.74) is -5.06. The van der Waals surface area contributed by atoms with Crippen LogP contribution in [0.2, 0.25) is 0 Å². The molecule has 0 amide bonds. The minimum Gasteiger partial charge on any atom is -0.203 e. The third kappa shape index (κ3) is 4.91. The van der Waals surface area contributed by atoms with Gasteiger partial charge in [0, 0.05) is 10.9 Å². The summed E-state index contributed by atoms with van der Waals surface area (Å²) in [6, 6.07) is 0. The van der Waals surface area contributed by atoms with Crippen molar-refractivity contribution in [3.8, 4) is 11.1 Å². The van der Waals surface area contributed by atoms with E-state index in [-0.39, 0.29) is 0 Å². The third-order valence-corrected chi connectivity index (χ3v) is 6.29. The first-order valence-electron chi connectivity index (χ1n) is 7.65. The van der Waals surface area contributed by atoms with Gasteiger partial charge in [0.1, 0.15) is 0 Å². The van der Waals surface area contributed by atoms with Gasteiger partial charge in [-0.1, -0.05) is 7.92 Å². The van der Waals surface area contributed by atoms with Crippen LogP contribution in [0.5, 0.6) is 0 Å². The van der Waals surface area contributed by atoms with E-state index in [0.29, 0.717) is 0 Å². The summed E-state index contributed by atoms with van der Waals surface area (Å²) in [5, 5.41) is -2.35. The molecule has 0 N–H and O–H groups in total. The largest absolute Gasteiger partial charge is 0.393 e. The van der Waals surface area contributed by atoms with Gasteiger partial charge in [0.2, 0.25) is 5.82 Å². The van der Waals surface area contributed by atoms with Gasteiger partial charge in [0.15, 0.2) is 46.5 Å². The molecule has 2 aromatic carbocycles. The maximum absolute atomic E-state index is 14.3. The summed E-state index contributed by atoms with van der Waals surface area (Å²) in [6.45, 7) is 0. The Balaban J connectivity index is 3.08. The minimum atomic E-state index is -5.58. The second kappa shape index (κ2) is 8.64. The highest BCUT2D eigenvalue weighted by molar-refractivity contribution is 7.66. The number of halogens is 15. The zero-order chi connectivity index (χ0) is 24.9. The van der Waals surface area contributed by atoms with Gasteiger partial charge in [0.25, 0.3) is 0 Å². The topological polar surface area (TPSA) is 0 Å². The van der Waals surface area contributed by atoms with E-state index in [4.69, 9.17) is 0 Å². The highest BCUT2D eigenvalue weighted by Gasteiger charge is 2.44. The lowest BCUT2D eigenvalue weighted by molar-refractivity contribution is -0.111. The highest BCUT2D eigenvalue weighted by Crippen LogP contribution is 2.49. The van der Waals surface area contributed by atoms with Crippen molar-refractivity contribution < 1.29 is 65.9 Å². The molecule has 0 heterocycles. The Morgan fingerprint density at radius 3 is 1.03 bits per heavy atom. The molecule has 0 aliphatic carbocycles. The lowest BCUT2D eigenvalue weighted by atomic mass is 10.0. The molecule has 0 radical (unpaired) electrons. The predicted molar refractivity (Wildman–Crippen MR) is 79.9 cm³/mol. The van der Waals surface area contributed by atoms with Crippen LogP contribution in [-0.4, -0.2) is 24.7 Å². The molecule has 2 rings (SSSR count). The number of rotatable bonds is 4.